The van der Waals surface area contributed by atoms with Crippen molar-refractivity contribution in [1.29, 1.82) is 0 Å². The van der Waals surface area contributed by atoms with Gasteiger partial charge in [0.05, 0.1) is 39.0 Å². The van der Waals surface area contributed by atoms with Crippen molar-refractivity contribution >= 4 is 0 Å². The molecule has 0 aliphatic heterocycles. The van der Waals surface area contributed by atoms with E-state index in [9.17, 15) is 0 Å². The molecule has 0 rings (SSSR count). The first-order valence-corrected chi connectivity index (χ1v) is 4.52. The molecule has 0 aromatic rings. The van der Waals surface area contributed by atoms with Crippen molar-refractivity contribution in [3.05, 3.63) is 25.7 Å². The maximum absolute atomic E-state index is 5.18. The molecule has 0 radical (unpaired) electrons. The molecule has 4 heteroatoms. The molecule has 0 unspecified atom stereocenters. The summed E-state index contributed by atoms with van der Waals surface area (Å²) in [6.45, 7) is 10.1. The lowest BCUT2D eigenvalue weighted by Crippen LogP contribution is -2.10. The van der Waals surface area contributed by atoms with E-state index in [1.807, 2.05) is 0 Å². The molecule has 0 saturated carbocycles. The third-order valence-electron chi connectivity index (χ3n) is 1.30. The van der Waals surface area contributed by atoms with Crippen molar-refractivity contribution in [1.82, 2.24) is 0 Å². The molecule has 0 bridgehead atoms. The third kappa shape index (κ3) is 15.7. The summed E-state index contributed by atoms with van der Waals surface area (Å²) in [5, 5.41) is 0. The Labute approximate surface area is 92.5 Å². The Morgan fingerprint density at radius 3 is 1.33 bits per heavy atom. The quantitative estimate of drug-likeness (QED) is 0.392. The van der Waals surface area contributed by atoms with Gasteiger partial charge in [-0.1, -0.05) is 20.6 Å². The zero-order chi connectivity index (χ0) is 10.5. The van der Waals surface area contributed by atoms with E-state index >= 15 is 0 Å². The Kier molecular flexibility index (Phi) is 16.9. The van der Waals surface area contributed by atoms with E-state index in [1.54, 1.807) is 0 Å². The average molecular weight is 218 g/mol. The molecule has 0 fully saturated rings. The molecule has 0 aromatic heterocycles. The first-order valence-electron chi connectivity index (χ1n) is 4.52. The van der Waals surface area contributed by atoms with Crippen LogP contribution >= 0.6 is 0 Å². The van der Waals surface area contributed by atoms with Gasteiger partial charge in [0, 0.05) is 0 Å². The van der Waals surface area contributed by atoms with Crippen molar-refractivity contribution in [2.45, 2.75) is 7.43 Å². The van der Waals surface area contributed by atoms with Crippen LogP contribution in [0.3, 0.4) is 0 Å². The highest BCUT2D eigenvalue weighted by molar-refractivity contribution is 4.48. The standard InChI is InChI=1S/C10H18O4.CH4/c1-3-11-5-7-13-9-10-14-8-6-12-4-2;/h3-4H,1-2,5-10H2;1H4. The van der Waals surface area contributed by atoms with Crippen LogP contribution in [0.15, 0.2) is 25.7 Å². The second-order valence-corrected chi connectivity index (χ2v) is 2.30. The van der Waals surface area contributed by atoms with E-state index in [4.69, 9.17) is 18.9 Å². The van der Waals surface area contributed by atoms with Crippen molar-refractivity contribution in [2.75, 3.05) is 39.6 Å². The van der Waals surface area contributed by atoms with Crippen LogP contribution in [0.1, 0.15) is 7.43 Å². The Morgan fingerprint density at radius 2 is 1.00 bits per heavy atom. The largest absolute Gasteiger partial charge is 0.499 e. The van der Waals surface area contributed by atoms with E-state index in [0.717, 1.165) is 0 Å². The van der Waals surface area contributed by atoms with E-state index in [2.05, 4.69) is 13.2 Å². The molecule has 90 valence electrons. The maximum Gasteiger partial charge on any atom is 0.111 e. The second-order valence-electron chi connectivity index (χ2n) is 2.30. The summed E-state index contributed by atoms with van der Waals surface area (Å²) < 4.78 is 20.1. The lowest BCUT2D eigenvalue weighted by Gasteiger charge is -2.05. The summed E-state index contributed by atoms with van der Waals surface area (Å²) in [5.74, 6) is 0. The summed E-state index contributed by atoms with van der Waals surface area (Å²) in [6, 6.07) is 0. The highest BCUT2D eigenvalue weighted by Crippen LogP contribution is 1.82. The lowest BCUT2D eigenvalue weighted by atomic mass is 10.7. The van der Waals surface area contributed by atoms with Gasteiger partial charge in [-0.05, 0) is 0 Å². The molecule has 0 atom stereocenters. The van der Waals surface area contributed by atoms with Crippen LogP contribution in [0.2, 0.25) is 0 Å². The molecule has 4 nitrogen and oxygen atoms in total. The zero-order valence-electron chi connectivity index (χ0n) is 8.44. The molecule has 0 amide bonds. The summed E-state index contributed by atoms with van der Waals surface area (Å²) in [7, 11) is 0. The molecular formula is C11H22O4. The normalized spacial score (nSPS) is 8.80. The van der Waals surface area contributed by atoms with Gasteiger partial charge in [-0.3, -0.25) is 0 Å². The fourth-order valence-corrected chi connectivity index (χ4v) is 0.703. The molecule has 0 aliphatic rings. The maximum atomic E-state index is 5.18. The fourth-order valence-electron chi connectivity index (χ4n) is 0.703. The number of hydrogen-bond acceptors (Lipinski definition) is 4. The van der Waals surface area contributed by atoms with Gasteiger partial charge in [-0.15, -0.1) is 0 Å². The Balaban J connectivity index is 0. The minimum atomic E-state index is 0. The predicted molar refractivity (Wildman–Crippen MR) is 60.7 cm³/mol. The van der Waals surface area contributed by atoms with Crippen LogP contribution in [0.4, 0.5) is 0 Å². The number of ether oxygens (including phenoxy) is 4. The predicted octanol–water partition coefficient (Wildman–Crippen LogP) is 1.98. The van der Waals surface area contributed by atoms with Crippen LogP contribution in [0, 0.1) is 0 Å². The smallest absolute Gasteiger partial charge is 0.111 e. The Morgan fingerprint density at radius 1 is 0.667 bits per heavy atom. The van der Waals surface area contributed by atoms with Gasteiger partial charge in [0.1, 0.15) is 13.2 Å². The van der Waals surface area contributed by atoms with Crippen molar-refractivity contribution < 1.29 is 18.9 Å². The van der Waals surface area contributed by atoms with Gasteiger partial charge in [-0.25, -0.2) is 0 Å². The van der Waals surface area contributed by atoms with Crippen molar-refractivity contribution in [3.63, 3.8) is 0 Å². The monoisotopic (exact) mass is 218 g/mol. The Bertz CT molecular complexity index is 121. The van der Waals surface area contributed by atoms with Crippen LogP contribution < -0.4 is 0 Å². The number of hydrogen-bond donors (Lipinski definition) is 0. The van der Waals surface area contributed by atoms with E-state index < -0.39 is 0 Å². The lowest BCUT2D eigenvalue weighted by molar-refractivity contribution is 0.0186. The summed E-state index contributed by atoms with van der Waals surface area (Å²) in [5.41, 5.74) is 0. The third-order valence-corrected chi connectivity index (χ3v) is 1.30. The molecular weight excluding hydrogens is 196 g/mol. The van der Waals surface area contributed by atoms with Gasteiger partial charge in [-0.2, -0.15) is 0 Å². The van der Waals surface area contributed by atoms with Crippen LogP contribution in [-0.4, -0.2) is 39.6 Å². The first kappa shape index (κ1) is 16.4. The molecule has 0 aliphatic carbocycles. The number of rotatable bonds is 11. The summed E-state index contributed by atoms with van der Waals surface area (Å²) >= 11 is 0. The van der Waals surface area contributed by atoms with Gasteiger partial charge >= 0.3 is 0 Å². The van der Waals surface area contributed by atoms with Crippen LogP contribution in [0.5, 0.6) is 0 Å². The van der Waals surface area contributed by atoms with Gasteiger partial charge in [0.2, 0.25) is 0 Å². The minimum absolute atomic E-state index is 0. The van der Waals surface area contributed by atoms with Gasteiger partial charge in [0.15, 0.2) is 0 Å². The highest BCUT2D eigenvalue weighted by Gasteiger charge is 1.89. The molecule has 0 saturated heterocycles. The molecule has 0 heterocycles. The molecule has 0 N–H and O–H groups in total. The zero-order valence-corrected chi connectivity index (χ0v) is 8.44. The fraction of sp³-hybridized carbons (Fsp3) is 0.636. The SMILES string of the molecule is C.C=COCCOCCOCCOC=C. The van der Waals surface area contributed by atoms with Gasteiger partial charge < -0.3 is 18.9 Å². The minimum Gasteiger partial charge on any atom is -0.499 e. The van der Waals surface area contributed by atoms with Crippen LogP contribution in [0.25, 0.3) is 0 Å². The topological polar surface area (TPSA) is 36.9 Å². The van der Waals surface area contributed by atoms with Crippen LogP contribution in [-0.2, 0) is 18.9 Å². The summed E-state index contributed by atoms with van der Waals surface area (Å²) in [4.78, 5) is 0. The Hall–Kier alpha value is -1.00. The molecule has 15 heavy (non-hydrogen) atoms. The molecule has 0 spiro atoms. The molecule has 0 aromatic carbocycles. The van der Waals surface area contributed by atoms with Crippen molar-refractivity contribution in [3.8, 4) is 0 Å². The highest BCUT2D eigenvalue weighted by atomic mass is 16.5. The van der Waals surface area contributed by atoms with E-state index in [0.29, 0.717) is 39.6 Å². The van der Waals surface area contributed by atoms with E-state index in [1.165, 1.54) is 12.5 Å². The first-order chi connectivity index (χ1) is 6.91. The van der Waals surface area contributed by atoms with Gasteiger partial charge in [0.25, 0.3) is 0 Å². The summed E-state index contributed by atoms with van der Waals surface area (Å²) in [6.07, 6.45) is 2.79. The van der Waals surface area contributed by atoms with E-state index in [-0.39, 0.29) is 7.43 Å². The second kappa shape index (κ2) is 15.5. The van der Waals surface area contributed by atoms with Crippen molar-refractivity contribution in [2.24, 2.45) is 0 Å². The average Bonchev–Trinajstić information content (AvgIpc) is 2.21.